The van der Waals surface area contributed by atoms with Gasteiger partial charge in [-0.3, -0.25) is 4.79 Å². The first-order valence-corrected chi connectivity index (χ1v) is 10.3. The fraction of sp³-hybridized carbons (Fsp3) is 0.619. The van der Waals surface area contributed by atoms with E-state index in [-0.39, 0.29) is 11.3 Å². The molecule has 2 fully saturated rings. The maximum atomic E-state index is 13.0. The van der Waals surface area contributed by atoms with Gasteiger partial charge in [-0.2, -0.15) is 13.2 Å². The number of alkyl halides is 3. The van der Waals surface area contributed by atoms with Gasteiger partial charge in [-0.1, -0.05) is 0 Å². The summed E-state index contributed by atoms with van der Waals surface area (Å²) in [5.74, 6) is -1.20. The predicted octanol–water partition coefficient (Wildman–Crippen LogP) is 3.04. The third-order valence-corrected chi connectivity index (χ3v) is 5.83. The number of piperidine rings is 2. The molecule has 1 aromatic carbocycles. The Morgan fingerprint density at radius 3 is 2.26 bits per heavy atom. The van der Waals surface area contributed by atoms with Crippen molar-refractivity contribution in [2.45, 2.75) is 31.9 Å². The maximum absolute atomic E-state index is 13.0. The summed E-state index contributed by atoms with van der Waals surface area (Å²) >= 11 is 0. The molecule has 1 aromatic rings. The zero-order chi connectivity index (χ0) is 22.6. The van der Waals surface area contributed by atoms with E-state index in [1.807, 2.05) is 23.1 Å². The van der Waals surface area contributed by atoms with Gasteiger partial charge in [0.2, 0.25) is 0 Å². The molecule has 0 bridgehead atoms. The number of ether oxygens (including phenoxy) is 2. The molecule has 10 heteroatoms. The number of nitrogens with zero attached hydrogens (tertiary/aromatic N) is 2. The number of amides is 1. The molecule has 31 heavy (non-hydrogen) atoms. The molecule has 3 heterocycles. The minimum Gasteiger partial charge on any atom is -0.486 e. The lowest BCUT2D eigenvalue weighted by atomic mass is 9.74. The summed E-state index contributed by atoms with van der Waals surface area (Å²) in [5.41, 5.74) is 0.995. The number of aliphatic carboxylic acids is 1. The van der Waals surface area contributed by atoms with Crippen LogP contribution in [0, 0.1) is 5.41 Å². The number of rotatable bonds is 1. The Balaban J connectivity index is 0.000000339. The smallest absolute Gasteiger partial charge is 0.486 e. The van der Waals surface area contributed by atoms with Crippen molar-refractivity contribution in [1.29, 1.82) is 0 Å². The van der Waals surface area contributed by atoms with Crippen molar-refractivity contribution in [2.24, 2.45) is 5.41 Å². The van der Waals surface area contributed by atoms with Gasteiger partial charge in [-0.25, -0.2) is 4.79 Å². The van der Waals surface area contributed by atoms with Crippen LogP contribution in [-0.2, 0) is 4.79 Å². The van der Waals surface area contributed by atoms with Crippen LogP contribution in [0.4, 0.5) is 13.2 Å². The molecule has 7 nitrogen and oxygen atoms in total. The maximum Gasteiger partial charge on any atom is 0.490 e. The number of carbonyl (C=O) groups is 2. The summed E-state index contributed by atoms with van der Waals surface area (Å²) in [4.78, 5) is 26.4. The number of carboxylic acid groups (broad SMARTS) is 1. The van der Waals surface area contributed by atoms with E-state index in [0.717, 1.165) is 31.8 Å². The molecule has 0 saturated carbocycles. The first-order chi connectivity index (χ1) is 14.6. The van der Waals surface area contributed by atoms with Crippen molar-refractivity contribution in [1.82, 2.24) is 9.80 Å². The number of likely N-dealkylation sites (tertiary alicyclic amines) is 2. The van der Waals surface area contributed by atoms with Gasteiger partial charge >= 0.3 is 12.1 Å². The number of hydrogen-bond acceptors (Lipinski definition) is 5. The first kappa shape index (κ1) is 23.2. The summed E-state index contributed by atoms with van der Waals surface area (Å²) in [6, 6.07) is 5.56. The monoisotopic (exact) mass is 444 g/mol. The van der Waals surface area contributed by atoms with Crippen LogP contribution in [0.1, 0.15) is 36.0 Å². The molecule has 4 rings (SSSR count). The quantitative estimate of drug-likeness (QED) is 0.718. The normalized spacial score (nSPS) is 23.7. The summed E-state index contributed by atoms with van der Waals surface area (Å²) in [6.45, 7) is 5.14. The summed E-state index contributed by atoms with van der Waals surface area (Å²) < 4.78 is 42.9. The molecule has 3 aliphatic heterocycles. The zero-order valence-electron chi connectivity index (χ0n) is 17.4. The lowest BCUT2D eigenvalue weighted by Gasteiger charge is -2.47. The molecular formula is C21H27F3N2O5. The number of carboxylic acids is 1. The van der Waals surface area contributed by atoms with E-state index in [1.165, 1.54) is 25.8 Å². The van der Waals surface area contributed by atoms with Crippen molar-refractivity contribution >= 4 is 11.9 Å². The van der Waals surface area contributed by atoms with E-state index in [4.69, 9.17) is 19.4 Å². The molecule has 1 spiro atoms. The van der Waals surface area contributed by atoms with E-state index >= 15 is 0 Å². The second kappa shape index (κ2) is 9.33. The number of halogens is 3. The van der Waals surface area contributed by atoms with Gasteiger partial charge in [0.05, 0.1) is 0 Å². The van der Waals surface area contributed by atoms with Crippen LogP contribution in [0.2, 0.25) is 0 Å². The predicted molar refractivity (Wildman–Crippen MR) is 105 cm³/mol. The molecule has 2 saturated heterocycles. The van der Waals surface area contributed by atoms with Crippen LogP contribution >= 0.6 is 0 Å². The van der Waals surface area contributed by atoms with Crippen molar-refractivity contribution in [3.8, 4) is 11.5 Å². The van der Waals surface area contributed by atoms with Gasteiger partial charge in [0.15, 0.2) is 11.5 Å². The topological polar surface area (TPSA) is 79.3 Å². The molecule has 0 radical (unpaired) electrons. The largest absolute Gasteiger partial charge is 0.490 e. The molecule has 172 valence electrons. The van der Waals surface area contributed by atoms with Gasteiger partial charge in [-0.05, 0) is 57.5 Å². The molecule has 1 amide bonds. The number of hydrogen-bond donors (Lipinski definition) is 1. The summed E-state index contributed by atoms with van der Waals surface area (Å²) in [5, 5.41) is 7.12. The third-order valence-electron chi connectivity index (χ3n) is 5.83. The first-order valence-electron chi connectivity index (χ1n) is 10.3. The minimum atomic E-state index is -5.08. The number of benzene rings is 1. The van der Waals surface area contributed by atoms with Crippen LogP contribution in [0.3, 0.4) is 0 Å². The fourth-order valence-corrected chi connectivity index (χ4v) is 4.53. The van der Waals surface area contributed by atoms with Gasteiger partial charge < -0.3 is 24.4 Å². The highest BCUT2D eigenvalue weighted by molar-refractivity contribution is 5.95. The number of carbonyl (C=O) groups excluding carboxylic acids is 1. The highest BCUT2D eigenvalue weighted by Gasteiger charge is 2.40. The lowest BCUT2D eigenvalue weighted by molar-refractivity contribution is -0.192. The van der Waals surface area contributed by atoms with E-state index in [0.29, 0.717) is 24.5 Å². The van der Waals surface area contributed by atoms with E-state index in [2.05, 4.69) is 11.9 Å². The summed E-state index contributed by atoms with van der Waals surface area (Å²) in [7, 11) is 2.20. The Hall–Kier alpha value is -2.49. The van der Waals surface area contributed by atoms with E-state index in [9.17, 15) is 18.0 Å². The SMILES string of the molecule is CN1CCCC2(CCCN(C(=O)c3ccc4c(c3)OCCO4)C2)C1.O=C(O)C(F)(F)F. The van der Waals surface area contributed by atoms with Crippen molar-refractivity contribution < 1.29 is 37.3 Å². The minimum absolute atomic E-state index is 0.124. The summed E-state index contributed by atoms with van der Waals surface area (Å²) in [6.07, 6.45) is -0.267. The molecule has 3 aliphatic rings. The number of fused-ring (bicyclic) bond motifs is 1. The molecule has 1 N–H and O–H groups in total. The van der Waals surface area contributed by atoms with Crippen LogP contribution in [-0.4, -0.2) is 79.4 Å². The Kier molecular flexibility index (Phi) is 6.98. The van der Waals surface area contributed by atoms with E-state index in [1.54, 1.807) is 0 Å². The standard InChI is InChI=1S/C19H26N2O3.C2HF3O2/c1-20-8-2-6-19(13-20)7-3-9-21(14-19)18(22)15-4-5-16-17(12-15)24-11-10-23-16;3-2(4,5)1(6)7/h4-5,12H,2-3,6-11,13-14H2,1H3;(H,6,7). The van der Waals surface area contributed by atoms with Gasteiger partial charge in [0.25, 0.3) is 5.91 Å². The Morgan fingerprint density at radius 1 is 1.03 bits per heavy atom. The van der Waals surface area contributed by atoms with Crippen molar-refractivity contribution in [3.05, 3.63) is 23.8 Å². The average Bonchev–Trinajstić information content (AvgIpc) is 2.72. The molecule has 0 aromatic heterocycles. The second-order valence-corrected chi connectivity index (χ2v) is 8.33. The zero-order valence-corrected chi connectivity index (χ0v) is 17.4. The molecule has 1 atom stereocenters. The molecule has 0 aliphatic carbocycles. The second-order valence-electron chi connectivity index (χ2n) is 8.33. The van der Waals surface area contributed by atoms with Crippen LogP contribution in [0.5, 0.6) is 11.5 Å². The molecule has 1 unspecified atom stereocenters. The lowest BCUT2D eigenvalue weighted by Crippen LogP contribution is -2.52. The fourth-order valence-electron chi connectivity index (χ4n) is 4.53. The van der Waals surface area contributed by atoms with Crippen LogP contribution in [0.15, 0.2) is 18.2 Å². The highest BCUT2D eigenvalue weighted by atomic mass is 19.4. The Morgan fingerprint density at radius 2 is 1.65 bits per heavy atom. The van der Waals surface area contributed by atoms with Crippen molar-refractivity contribution in [3.63, 3.8) is 0 Å². The van der Waals surface area contributed by atoms with Gasteiger partial charge in [0.1, 0.15) is 13.2 Å². The average molecular weight is 444 g/mol. The van der Waals surface area contributed by atoms with Crippen molar-refractivity contribution in [2.75, 3.05) is 46.4 Å². The molecular weight excluding hydrogens is 417 g/mol. The Labute approximate surface area is 178 Å². The van der Waals surface area contributed by atoms with Crippen LogP contribution < -0.4 is 9.47 Å². The van der Waals surface area contributed by atoms with Gasteiger partial charge in [0, 0.05) is 30.6 Å². The van der Waals surface area contributed by atoms with Crippen LogP contribution in [0.25, 0.3) is 0 Å². The highest BCUT2D eigenvalue weighted by Crippen LogP contribution is 2.39. The Bertz CT molecular complexity index is 813. The third kappa shape index (κ3) is 5.81. The van der Waals surface area contributed by atoms with Gasteiger partial charge in [-0.15, -0.1) is 0 Å². The van der Waals surface area contributed by atoms with E-state index < -0.39 is 12.1 Å².